The highest BCUT2D eigenvalue weighted by molar-refractivity contribution is 5.91. The summed E-state index contributed by atoms with van der Waals surface area (Å²) in [4.78, 5) is 18.8. The third-order valence-corrected chi connectivity index (χ3v) is 2.68. The van der Waals surface area contributed by atoms with E-state index < -0.39 is 11.8 Å². The average molecular weight is 256 g/mol. The molecule has 94 valence electrons. The molecule has 3 rings (SSSR count). The molecule has 0 fully saturated rings. The molecule has 1 aromatic heterocycles. The third kappa shape index (κ3) is 2.30. The van der Waals surface area contributed by atoms with Gasteiger partial charge in [-0.25, -0.2) is 14.2 Å². The SMILES string of the molecule is O=C(Oc1ccc2[nH]cnc2c1)c1ccc(F)cc1. The Morgan fingerprint density at radius 3 is 2.74 bits per heavy atom. The molecule has 0 aliphatic rings. The second kappa shape index (κ2) is 4.53. The summed E-state index contributed by atoms with van der Waals surface area (Å²) in [6.07, 6.45) is 1.57. The first-order valence-corrected chi connectivity index (χ1v) is 5.63. The minimum absolute atomic E-state index is 0.295. The van der Waals surface area contributed by atoms with Crippen molar-refractivity contribution in [2.75, 3.05) is 0 Å². The maximum atomic E-state index is 12.8. The molecule has 0 bridgehead atoms. The highest BCUT2D eigenvalue weighted by Gasteiger charge is 2.09. The number of carbonyl (C=O) groups excluding carboxylic acids is 1. The van der Waals surface area contributed by atoms with Gasteiger partial charge < -0.3 is 9.72 Å². The van der Waals surface area contributed by atoms with E-state index >= 15 is 0 Å². The van der Waals surface area contributed by atoms with Gasteiger partial charge in [-0.1, -0.05) is 0 Å². The quantitative estimate of drug-likeness (QED) is 0.566. The van der Waals surface area contributed by atoms with Gasteiger partial charge in [-0.05, 0) is 36.4 Å². The zero-order valence-electron chi connectivity index (χ0n) is 9.76. The van der Waals surface area contributed by atoms with Gasteiger partial charge in [-0.2, -0.15) is 0 Å². The maximum absolute atomic E-state index is 12.8. The van der Waals surface area contributed by atoms with Crippen LogP contribution < -0.4 is 4.74 Å². The number of carbonyl (C=O) groups is 1. The van der Waals surface area contributed by atoms with Crippen molar-refractivity contribution in [1.29, 1.82) is 0 Å². The van der Waals surface area contributed by atoms with Crippen LogP contribution in [0.4, 0.5) is 4.39 Å². The molecule has 0 saturated carbocycles. The van der Waals surface area contributed by atoms with Crippen LogP contribution in [-0.2, 0) is 0 Å². The minimum Gasteiger partial charge on any atom is -0.423 e. The predicted octanol–water partition coefficient (Wildman–Crippen LogP) is 2.92. The molecule has 2 aromatic carbocycles. The van der Waals surface area contributed by atoms with Crippen molar-refractivity contribution in [3.8, 4) is 5.75 Å². The van der Waals surface area contributed by atoms with E-state index in [-0.39, 0.29) is 0 Å². The van der Waals surface area contributed by atoms with Crippen molar-refractivity contribution < 1.29 is 13.9 Å². The topological polar surface area (TPSA) is 55.0 Å². The number of halogens is 1. The van der Waals surface area contributed by atoms with Crippen LogP contribution in [0.15, 0.2) is 48.8 Å². The van der Waals surface area contributed by atoms with Crippen molar-refractivity contribution in [3.63, 3.8) is 0 Å². The normalized spacial score (nSPS) is 10.6. The van der Waals surface area contributed by atoms with Gasteiger partial charge >= 0.3 is 5.97 Å². The smallest absolute Gasteiger partial charge is 0.343 e. The lowest BCUT2D eigenvalue weighted by Gasteiger charge is -2.04. The number of hydrogen-bond donors (Lipinski definition) is 1. The second-order valence-electron chi connectivity index (χ2n) is 3.98. The van der Waals surface area contributed by atoms with E-state index in [9.17, 15) is 9.18 Å². The lowest BCUT2D eigenvalue weighted by Crippen LogP contribution is -2.08. The van der Waals surface area contributed by atoms with E-state index in [1.807, 2.05) is 0 Å². The molecule has 4 nitrogen and oxygen atoms in total. The highest BCUT2D eigenvalue weighted by Crippen LogP contribution is 2.19. The highest BCUT2D eigenvalue weighted by atomic mass is 19.1. The summed E-state index contributed by atoms with van der Waals surface area (Å²) in [6.45, 7) is 0. The van der Waals surface area contributed by atoms with Crippen LogP contribution >= 0.6 is 0 Å². The van der Waals surface area contributed by atoms with Crippen molar-refractivity contribution in [3.05, 3.63) is 60.2 Å². The fourth-order valence-corrected chi connectivity index (χ4v) is 1.73. The van der Waals surface area contributed by atoms with E-state index in [1.54, 1.807) is 24.5 Å². The summed E-state index contributed by atoms with van der Waals surface area (Å²) in [6, 6.07) is 10.3. The molecule has 0 unspecified atom stereocenters. The predicted molar refractivity (Wildman–Crippen MR) is 67.5 cm³/mol. The Labute approximate surface area is 107 Å². The van der Waals surface area contributed by atoms with Crippen LogP contribution in [0.1, 0.15) is 10.4 Å². The fourth-order valence-electron chi connectivity index (χ4n) is 1.73. The summed E-state index contributed by atoms with van der Waals surface area (Å²) < 4.78 is 18.0. The molecular weight excluding hydrogens is 247 g/mol. The van der Waals surface area contributed by atoms with Crippen LogP contribution in [0.2, 0.25) is 0 Å². The number of ether oxygens (including phenoxy) is 1. The molecule has 3 aromatic rings. The number of benzene rings is 2. The first-order valence-electron chi connectivity index (χ1n) is 5.63. The molecule has 1 N–H and O–H groups in total. The van der Waals surface area contributed by atoms with Gasteiger partial charge in [-0.15, -0.1) is 0 Å². The number of hydrogen-bond acceptors (Lipinski definition) is 3. The number of H-pyrrole nitrogens is 1. The van der Waals surface area contributed by atoms with Gasteiger partial charge in [0.25, 0.3) is 0 Å². The maximum Gasteiger partial charge on any atom is 0.343 e. The van der Waals surface area contributed by atoms with Gasteiger partial charge in [0.15, 0.2) is 0 Å². The number of nitrogens with one attached hydrogen (secondary N) is 1. The number of imidazole rings is 1. The molecule has 0 saturated heterocycles. The molecular formula is C14H9FN2O2. The summed E-state index contributed by atoms with van der Waals surface area (Å²) in [5.74, 6) is -0.529. The first kappa shape index (κ1) is 11.4. The number of aromatic amines is 1. The van der Waals surface area contributed by atoms with E-state index in [0.29, 0.717) is 16.8 Å². The lowest BCUT2D eigenvalue weighted by atomic mass is 10.2. The summed E-state index contributed by atoms with van der Waals surface area (Å²) in [5, 5.41) is 0. The minimum atomic E-state index is -0.533. The van der Waals surface area contributed by atoms with Crippen LogP contribution in [0.25, 0.3) is 11.0 Å². The van der Waals surface area contributed by atoms with Crippen LogP contribution in [0, 0.1) is 5.82 Å². The Morgan fingerprint density at radius 1 is 1.16 bits per heavy atom. The third-order valence-electron chi connectivity index (χ3n) is 2.68. The number of fused-ring (bicyclic) bond motifs is 1. The molecule has 0 atom stereocenters. The second-order valence-corrected chi connectivity index (χ2v) is 3.98. The van der Waals surface area contributed by atoms with Gasteiger partial charge in [0.2, 0.25) is 0 Å². The summed E-state index contributed by atoms with van der Waals surface area (Å²) >= 11 is 0. The molecule has 1 heterocycles. The average Bonchev–Trinajstić information content (AvgIpc) is 2.87. The molecule has 19 heavy (non-hydrogen) atoms. The molecule has 0 aliphatic carbocycles. The molecule has 5 heteroatoms. The fraction of sp³-hybridized carbons (Fsp3) is 0. The Hall–Kier alpha value is -2.69. The Balaban J connectivity index is 1.83. The number of aromatic nitrogens is 2. The van der Waals surface area contributed by atoms with Crippen molar-refractivity contribution in [1.82, 2.24) is 9.97 Å². The first-order chi connectivity index (χ1) is 9.22. The Kier molecular flexibility index (Phi) is 2.72. The molecule has 0 amide bonds. The number of nitrogens with zero attached hydrogens (tertiary/aromatic N) is 1. The van der Waals surface area contributed by atoms with E-state index in [1.165, 1.54) is 24.3 Å². The largest absolute Gasteiger partial charge is 0.423 e. The van der Waals surface area contributed by atoms with Gasteiger partial charge in [0.05, 0.1) is 22.9 Å². The summed E-state index contributed by atoms with van der Waals surface area (Å²) in [7, 11) is 0. The van der Waals surface area contributed by atoms with E-state index in [4.69, 9.17) is 4.74 Å². The van der Waals surface area contributed by atoms with Crippen molar-refractivity contribution in [2.45, 2.75) is 0 Å². The standard InChI is InChI=1S/C14H9FN2O2/c15-10-3-1-9(2-4-10)14(18)19-11-5-6-12-13(7-11)17-8-16-12/h1-8H,(H,16,17). The van der Waals surface area contributed by atoms with Crippen molar-refractivity contribution in [2.24, 2.45) is 0 Å². The monoisotopic (exact) mass is 256 g/mol. The number of rotatable bonds is 2. The van der Waals surface area contributed by atoms with Gasteiger partial charge in [-0.3, -0.25) is 0 Å². The Bertz CT molecular complexity index is 735. The molecule has 0 radical (unpaired) electrons. The molecule has 0 aliphatic heterocycles. The van der Waals surface area contributed by atoms with Crippen LogP contribution in [0.5, 0.6) is 5.75 Å². The number of esters is 1. The Morgan fingerprint density at radius 2 is 1.95 bits per heavy atom. The van der Waals surface area contributed by atoms with Gasteiger partial charge in [0.1, 0.15) is 11.6 Å². The zero-order valence-corrected chi connectivity index (χ0v) is 9.76. The van der Waals surface area contributed by atoms with E-state index in [2.05, 4.69) is 9.97 Å². The van der Waals surface area contributed by atoms with Crippen molar-refractivity contribution >= 4 is 17.0 Å². The summed E-state index contributed by atoms with van der Waals surface area (Å²) in [5.41, 5.74) is 1.87. The lowest BCUT2D eigenvalue weighted by molar-refractivity contribution is 0.0735. The zero-order chi connectivity index (χ0) is 13.2. The van der Waals surface area contributed by atoms with Crippen LogP contribution in [0.3, 0.4) is 0 Å². The van der Waals surface area contributed by atoms with Crippen LogP contribution in [-0.4, -0.2) is 15.9 Å². The molecule has 0 spiro atoms. The van der Waals surface area contributed by atoms with E-state index in [0.717, 1.165) is 5.52 Å². The van der Waals surface area contributed by atoms with Gasteiger partial charge in [0, 0.05) is 6.07 Å².